The van der Waals surface area contributed by atoms with Gasteiger partial charge in [-0.1, -0.05) is 18.2 Å². The van der Waals surface area contributed by atoms with E-state index >= 15 is 0 Å². The molecule has 6 nitrogen and oxygen atoms in total. The van der Waals surface area contributed by atoms with Gasteiger partial charge in [0.1, 0.15) is 0 Å². The van der Waals surface area contributed by atoms with Gasteiger partial charge in [-0.05, 0) is 25.0 Å². The van der Waals surface area contributed by atoms with Crippen LogP contribution in [0, 0.1) is 12.8 Å². The van der Waals surface area contributed by atoms with Gasteiger partial charge in [0.15, 0.2) is 0 Å². The first kappa shape index (κ1) is 16.4. The van der Waals surface area contributed by atoms with Crippen molar-refractivity contribution in [2.45, 2.75) is 30.4 Å². The van der Waals surface area contributed by atoms with Gasteiger partial charge in [0.2, 0.25) is 15.9 Å². The Morgan fingerprint density at radius 2 is 1.96 bits per heavy atom. The quantitative estimate of drug-likeness (QED) is 0.820. The Morgan fingerprint density at radius 1 is 1.26 bits per heavy atom. The fourth-order valence-electron chi connectivity index (χ4n) is 3.40. The van der Waals surface area contributed by atoms with Crippen LogP contribution in [0.5, 0.6) is 0 Å². The molecule has 2 aliphatic rings. The normalized spacial score (nSPS) is 27.9. The van der Waals surface area contributed by atoms with Gasteiger partial charge in [-0.2, -0.15) is 4.31 Å². The second-order valence-corrected chi connectivity index (χ2v) is 8.37. The summed E-state index contributed by atoms with van der Waals surface area (Å²) >= 11 is 0. The second kappa shape index (κ2) is 5.89. The van der Waals surface area contributed by atoms with E-state index in [1.165, 1.54) is 4.31 Å². The number of nitrogens with zero attached hydrogens (tertiary/aromatic N) is 2. The van der Waals surface area contributed by atoms with Crippen LogP contribution in [0.4, 0.5) is 0 Å². The summed E-state index contributed by atoms with van der Waals surface area (Å²) in [7, 11) is -0.130. The van der Waals surface area contributed by atoms with Gasteiger partial charge in [0, 0.05) is 27.2 Å². The molecule has 2 aliphatic heterocycles. The highest BCUT2D eigenvalue weighted by Gasteiger charge is 2.48. The Morgan fingerprint density at radius 3 is 2.61 bits per heavy atom. The Labute approximate surface area is 137 Å². The van der Waals surface area contributed by atoms with Crippen LogP contribution in [0.25, 0.3) is 0 Å². The van der Waals surface area contributed by atoms with Crippen molar-refractivity contribution in [3.05, 3.63) is 29.8 Å². The molecule has 1 aromatic rings. The van der Waals surface area contributed by atoms with Crippen LogP contribution in [-0.4, -0.2) is 62.9 Å². The zero-order valence-electron chi connectivity index (χ0n) is 13.6. The Hall–Kier alpha value is -1.44. The van der Waals surface area contributed by atoms with Crippen LogP contribution >= 0.6 is 0 Å². The molecule has 23 heavy (non-hydrogen) atoms. The second-order valence-electron chi connectivity index (χ2n) is 6.46. The fraction of sp³-hybridized carbons (Fsp3) is 0.562. The van der Waals surface area contributed by atoms with Crippen molar-refractivity contribution in [2.24, 2.45) is 5.92 Å². The molecule has 2 bridgehead atoms. The minimum Gasteiger partial charge on any atom is -0.371 e. The van der Waals surface area contributed by atoms with Gasteiger partial charge >= 0.3 is 0 Å². The molecule has 0 aliphatic carbocycles. The summed E-state index contributed by atoms with van der Waals surface area (Å²) in [4.78, 5) is 14.1. The zero-order valence-corrected chi connectivity index (χ0v) is 14.4. The number of amides is 1. The standard InChI is InChI=1S/C16H22N2O4S/c1-11-6-4-5-7-15(11)23(20,21)18-9-12-8-13(14(10-18)22-12)16(19)17(2)3/h4-7,12-14H,8-10H2,1-3H3/t12-,13+,14-/m1/s1. The Balaban J connectivity index is 1.85. The van der Waals surface area contributed by atoms with E-state index in [0.29, 0.717) is 17.9 Å². The molecule has 3 atom stereocenters. The number of ether oxygens (including phenoxy) is 1. The van der Waals surface area contributed by atoms with Crippen LogP contribution in [0.3, 0.4) is 0 Å². The number of hydrogen-bond donors (Lipinski definition) is 0. The van der Waals surface area contributed by atoms with Crippen LogP contribution < -0.4 is 0 Å². The first-order valence-corrected chi connectivity index (χ1v) is 9.17. The minimum absolute atomic E-state index is 0.00707. The highest BCUT2D eigenvalue weighted by atomic mass is 32.2. The highest BCUT2D eigenvalue weighted by Crippen LogP contribution is 2.35. The number of aryl methyl sites for hydroxylation is 1. The van der Waals surface area contributed by atoms with Crippen LogP contribution in [0.15, 0.2) is 29.2 Å². The van der Waals surface area contributed by atoms with E-state index in [2.05, 4.69) is 0 Å². The van der Waals surface area contributed by atoms with Gasteiger partial charge in [-0.15, -0.1) is 0 Å². The third kappa shape index (κ3) is 2.88. The van der Waals surface area contributed by atoms with Crippen molar-refractivity contribution in [2.75, 3.05) is 27.2 Å². The van der Waals surface area contributed by atoms with Crippen molar-refractivity contribution < 1.29 is 17.9 Å². The molecule has 7 heteroatoms. The third-order valence-corrected chi connectivity index (χ3v) is 6.58. The van der Waals surface area contributed by atoms with Crippen molar-refractivity contribution in [1.82, 2.24) is 9.21 Å². The maximum atomic E-state index is 12.9. The molecular weight excluding hydrogens is 316 g/mol. The Bertz CT molecular complexity index is 717. The molecule has 126 valence electrons. The number of rotatable bonds is 3. The minimum atomic E-state index is -3.56. The van der Waals surface area contributed by atoms with E-state index in [1.54, 1.807) is 44.1 Å². The number of carbonyl (C=O) groups excluding carboxylic acids is 1. The molecule has 0 N–H and O–H groups in total. The first-order valence-electron chi connectivity index (χ1n) is 7.73. The maximum Gasteiger partial charge on any atom is 0.243 e. The third-order valence-electron chi connectivity index (χ3n) is 4.59. The summed E-state index contributed by atoms with van der Waals surface area (Å²) in [5.41, 5.74) is 0.729. The molecule has 2 saturated heterocycles. The first-order chi connectivity index (χ1) is 10.8. The predicted octanol–water partition coefficient (Wildman–Crippen LogP) is 0.861. The summed E-state index contributed by atoms with van der Waals surface area (Å²) < 4.78 is 33.1. The molecule has 1 aromatic carbocycles. The summed E-state index contributed by atoms with van der Waals surface area (Å²) in [6, 6.07) is 6.97. The van der Waals surface area contributed by atoms with Crippen LogP contribution in [-0.2, 0) is 19.6 Å². The molecule has 2 heterocycles. The lowest BCUT2D eigenvalue weighted by Gasteiger charge is -2.32. The molecule has 1 amide bonds. The fourth-order valence-corrected chi connectivity index (χ4v) is 5.10. The van der Waals surface area contributed by atoms with E-state index in [9.17, 15) is 13.2 Å². The molecule has 0 aromatic heterocycles. The topological polar surface area (TPSA) is 66.9 Å². The summed E-state index contributed by atoms with van der Waals surface area (Å²) in [6.07, 6.45) is 0.0189. The summed E-state index contributed by atoms with van der Waals surface area (Å²) in [5, 5.41) is 0. The van der Waals surface area contributed by atoms with E-state index in [0.717, 1.165) is 5.56 Å². The van der Waals surface area contributed by atoms with Crippen molar-refractivity contribution in [3.63, 3.8) is 0 Å². The molecule has 0 spiro atoms. The van der Waals surface area contributed by atoms with Crippen molar-refractivity contribution in [1.29, 1.82) is 0 Å². The monoisotopic (exact) mass is 338 g/mol. The maximum absolute atomic E-state index is 12.9. The van der Waals surface area contributed by atoms with Crippen molar-refractivity contribution in [3.8, 4) is 0 Å². The molecule has 0 radical (unpaired) electrons. The Kier molecular flexibility index (Phi) is 4.20. The van der Waals surface area contributed by atoms with Gasteiger partial charge in [-0.25, -0.2) is 8.42 Å². The van der Waals surface area contributed by atoms with Gasteiger partial charge in [0.25, 0.3) is 0 Å². The number of fused-ring (bicyclic) bond motifs is 2. The average Bonchev–Trinajstić information content (AvgIpc) is 2.80. The lowest BCUT2D eigenvalue weighted by atomic mass is 9.99. The SMILES string of the molecule is Cc1ccccc1S(=O)(=O)N1C[C@H]2C[C@H](C(=O)N(C)C)[C@@H](C1)O2. The molecule has 3 rings (SSSR count). The lowest BCUT2D eigenvalue weighted by molar-refractivity contribution is -0.135. The summed E-state index contributed by atoms with van der Waals surface area (Å²) in [5.74, 6) is -0.250. The van der Waals surface area contributed by atoms with Gasteiger partial charge < -0.3 is 9.64 Å². The van der Waals surface area contributed by atoms with E-state index in [-0.39, 0.29) is 30.6 Å². The van der Waals surface area contributed by atoms with Crippen molar-refractivity contribution >= 4 is 15.9 Å². The predicted molar refractivity (Wildman–Crippen MR) is 85.4 cm³/mol. The summed E-state index contributed by atoms with van der Waals surface area (Å²) in [6.45, 7) is 2.34. The van der Waals surface area contributed by atoms with E-state index in [4.69, 9.17) is 4.74 Å². The van der Waals surface area contributed by atoms with Crippen LogP contribution in [0.2, 0.25) is 0 Å². The molecule has 2 fully saturated rings. The highest BCUT2D eigenvalue weighted by molar-refractivity contribution is 7.89. The van der Waals surface area contributed by atoms with Gasteiger partial charge in [-0.3, -0.25) is 4.79 Å². The number of benzene rings is 1. The smallest absolute Gasteiger partial charge is 0.243 e. The lowest BCUT2D eigenvalue weighted by Crippen LogP contribution is -2.47. The average molecular weight is 338 g/mol. The van der Waals surface area contributed by atoms with Crippen LogP contribution in [0.1, 0.15) is 12.0 Å². The number of hydrogen-bond acceptors (Lipinski definition) is 4. The molecular formula is C16H22N2O4S. The molecule has 0 unspecified atom stereocenters. The number of carbonyl (C=O) groups is 1. The number of morpholine rings is 1. The largest absolute Gasteiger partial charge is 0.371 e. The van der Waals surface area contributed by atoms with E-state index < -0.39 is 10.0 Å². The van der Waals surface area contributed by atoms with Gasteiger partial charge in [0.05, 0.1) is 23.0 Å². The zero-order chi connectivity index (χ0) is 16.8. The molecule has 0 saturated carbocycles. The van der Waals surface area contributed by atoms with E-state index in [1.807, 2.05) is 6.07 Å². The number of sulfonamides is 1.